The highest BCUT2D eigenvalue weighted by atomic mass is 16.2. The molecular weight excluding hydrogens is 246 g/mol. The molecule has 0 fully saturated rings. The molecule has 19 heavy (non-hydrogen) atoms. The van der Waals surface area contributed by atoms with Crippen LogP contribution in [0.5, 0.6) is 0 Å². The van der Waals surface area contributed by atoms with Crippen molar-refractivity contribution in [1.29, 1.82) is 0 Å². The number of carbonyl (C=O) groups is 3. The molecule has 0 unspecified atom stereocenters. The summed E-state index contributed by atoms with van der Waals surface area (Å²) in [5.41, 5.74) is 1.71. The molecule has 0 saturated heterocycles. The van der Waals surface area contributed by atoms with Crippen LogP contribution in [0.25, 0.3) is 0 Å². The molecule has 2 rings (SSSR count). The van der Waals surface area contributed by atoms with Crippen LogP contribution in [0.4, 0.5) is 5.69 Å². The normalized spacial score (nSPS) is 14.3. The molecule has 96 valence electrons. The molecule has 0 aliphatic carbocycles. The van der Waals surface area contributed by atoms with E-state index in [9.17, 15) is 14.4 Å². The van der Waals surface area contributed by atoms with Crippen molar-refractivity contribution in [3.05, 3.63) is 42.0 Å². The zero-order valence-corrected chi connectivity index (χ0v) is 10.3. The van der Waals surface area contributed by atoms with Gasteiger partial charge in [0.2, 0.25) is 0 Å². The summed E-state index contributed by atoms with van der Waals surface area (Å²) in [5, 5.41) is 6.08. The fourth-order valence-electron chi connectivity index (χ4n) is 1.52. The van der Waals surface area contributed by atoms with Gasteiger partial charge in [-0.1, -0.05) is 17.7 Å². The van der Waals surface area contributed by atoms with E-state index in [4.69, 9.17) is 0 Å². The third-order valence-electron chi connectivity index (χ3n) is 2.47. The number of rotatable bonds is 3. The Labute approximate surface area is 109 Å². The SMILES string of the molecule is Cc1ccc(NC(=O)C[N+]2=NC(=O)C=CC2=O)cc1. The molecule has 3 amide bonds. The highest BCUT2D eigenvalue weighted by Crippen LogP contribution is 2.08. The van der Waals surface area contributed by atoms with Crippen LogP contribution in [-0.4, -0.2) is 29.0 Å². The van der Waals surface area contributed by atoms with Crippen molar-refractivity contribution in [2.45, 2.75) is 6.92 Å². The van der Waals surface area contributed by atoms with Gasteiger partial charge >= 0.3 is 11.8 Å². The van der Waals surface area contributed by atoms with E-state index in [1.165, 1.54) is 0 Å². The molecule has 0 spiro atoms. The van der Waals surface area contributed by atoms with Crippen LogP contribution in [0, 0.1) is 6.92 Å². The number of aryl methyl sites for hydroxylation is 1. The summed E-state index contributed by atoms with van der Waals surface area (Å²) >= 11 is 0. The predicted octanol–water partition coefficient (Wildman–Crippen LogP) is 1.02. The first-order valence-corrected chi connectivity index (χ1v) is 5.66. The van der Waals surface area contributed by atoms with Crippen molar-refractivity contribution >= 4 is 23.4 Å². The molecule has 0 aromatic heterocycles. The van der Waals surface area contributed by atoms with E-state index in [2.05, 4.69) is 10.4 Å². The molecule has 1 aromatic carbocycles. The van der Waals surface area contributed by atoms with E-state index in [-0.39, 0.29) is 6.54 Å². The molecule has 0 bridgehead atoms. The van der Waals surface area contributed by atoms with Gasteiger partial charge in [-0.15, -0.1) is 0 Å². The maximum absolute atomic E-state index is 11.7. The summed E-state index contributed by atoms with van der Waals surface area (Å²) in [6.07, 6.45) is 2.16. The zero-order chi connectivity index (χ0) is 13.8. The molecule has 0 atom stereocenters. The minimum absolute atomic E-state index is 0.289. The lowest BCUT2D eigenvalue weighted by Gasteiger charge is -2.03. The maximum Gasteiger partial charge on any atom is 0.437 e. The standard InChI is InChI=1S/C13H11N3O3/c1-9-2-4-10(5-3-9)14-12(18)8-16-13(19)7-6-11(17)15-16/h2-7H,8H2,1H3/p+1. The minimum atomic E-state index is -0.553. The van der Waals surface area contributed by atoms with Gasteiger partial charge < -0.3 is 5.32 Å². The highest BCUT2D eigenvalue weighted by Gasteiger charge is 2.26. The smallest absolute Gasteiger partial charge is 0.321 e. The Bertz CT molecular complexity index is 600. The van der Waals surface area contributed by atoms with Crippen LogP contribution in [0.15, 0.2) is 41.5 Å². The van der Waals surface area contributed by atoms with Crippen molar-refractivity contribution in [2.24, 2.45) is 5.11 Å². The Hall–Kier alpha value is -2.63. The maximum atomic E-state index is 11.7. The van der Waals surface area contributed by atoms with Gasteiger partial charge in [0.05, 0.1) is 6.08 Å². The average Bonchev–Trinajstić information content (AvgIpc) is 2.37. The van der Waals surface area contributed by atoms with Gasteiger partial charge in [-0.2, -0.15) is 0 Å². The van der Waals surface area contributed by atoms with Gasteiger partial charge in [0.15, 0.2) is 0 Å². The fourth-order valence-corrected chi connectivity index (χ4v) is 1.52. The number of nitrogens with zero attached hydrogens (tertiary/aromatic N) is 2. The van der Waals surface area contributed by atoms with E-state index < -0.39 is 17.7 Å². The summed E-state index contributed by atoms with van der Waals surface area (Å²) in [6.45, 7) is 1.65. The van der Waals surface area contributed by atoms with Crippen molar-refractivity contribution in [1.82, 2.24) is 0 Å². The quantitative estimate of drug-likeness (QED) is 0.822. The van der Waals surface area contributed by atoms with E-state index in [0.717, 1.165) is 22.4 Å². The summed E-state index contributed by atoms with van der Waals surface area (Å²) in [7, 11) is 0. The van der Waals surface area contributed by atoms with E-state index in [1.54, 1.807) is 12.1 Å². The van der Waals surface area contributed by atoms with Crippen molar-refractivity contribution in [3.63, 3.8) is 0 Å². The number of benzene rings is 1. The first kappa shape index (κ1) is 12.8. The summed E-state index contributed by atoms with van der Waals surface area (Å²) in [6, 6.07) is 7.23. The van der Waals surface area contributed by atoms with Crippen LogP contribution in [0.3, 0.4) is 0 Å². The number of nitrogens with one attached hydrogen (secondary N) is 1. The third kappa shape index (κ3) is 3.41. The lowest BCUT2D eigenvalue weighted by molar-refractivity contribution is -0.495. The molecule has 1 aliphatic rings. The third-order valence-corrected chi connectivity index (χ3v) is 2.47. The van der Waals surface area contributed by atoms with Crippen molar-refractivity contribution in [2.75, 3.05) is 11.9 Å². The van der Waals surface area contributed by atoms with Crippen LogP contribution in [-0.2, 0) is 14.4 Å². The largest absolute Gasteiger partial charge is 0.437 e. The van der Waals surface area contributed by atoms with E-state index in [1.807, 2.05) is 19.1 Å². The topological polar surface area (TPSA) is 78.6 Å². The van der Waals surface area contributed by atoms with Crippen LogP contribution in [0.1, 0.15) is 5.56 Å². The number of anilines is 1. The van der Waals surface area contributed by atoms with E-state index in [0.29, 0.717) is 5.69 Å². The molecule has 1 heterocycles. The van der Waals surface area contributed by atoms with Gasteiger partial charge in [0, 0.05) is 16.9 Å². The van der Waals surface area contributed by atoms with Gasteiger partial charge in [-0.25, -0.2) is 4.79 Å². The Morgan fingerprint density at radius 1 is 1.21 bits per heavy atom. The Morgan fingerprint density at radius 2 is 1.89 bits per heavy atom. The van der Waals surface area contributed by atoms with Crippen molar-refractivity contribution < 1.29 is 19.1 Å². The lowest BCUT2D eigenvalue weighted by Crippen LogP contribution is -2.31. The van der Waals surface area contributed by atoms with Crippen LogP contribution < -0.4 is 5.32 Å². The first-order valence-electron chi connectivity index (χ1n) is 5.66. The molecule has 1 aliphatic heterocycles. The number of hydrogen-bond acceptors (Lipinski definition) is 3. The molecule has 6 heteroatoms. The van der Waals surface area contributed by atoms with Gasteiger partial charge in [-0.3, -0.25) is 9.59 Å². The molecule has 0 radical (unpaired) electrons. The number of carbonyl (C=O) groups excluding carboxylic acids is 3. The summed E-state index contributed by atoms with van der Waals surface area (Å²) in [5.74, 6) is -1.45. The Morgan fingerprint density at radius 3 is 2.58 bits per heavy atom. The number of azo groups is 2. The van der Waals surface area contributed by atoms with Gasteiger partial charge in [0.25, 0.3) is 12.5 Å². The zero-order valence-electron chi connectivity index (χ0n) is 10.3. The molecular formula is C13H12N3O3+. The summed E-state index contributed by atoms with van der Waals surface area (Å²) in [4.78, 5) is 34.1. The Balaban J connectivity index is 2.00. The average molecular weight is 258 g/mol. The molecule has 1 aromatic rings. The van der Waals surface area contributed by atoms with Gasteiger partial charge in [-0.05, 0) is 23.8 Å². The minimum Gasteiger partial charge on any atom is -0.321 e. The second-order valence-corrected chi connectivity index (χ2v) is 4.08. The van der Waals surface area contributed by atoms with E-state index >= 15 is 0 Å². The molecule has 6 nitrogen and oxygen atoms in total. The fraction of sp³-hybridized carbons (Fsp3) is 0.154. The van der Waals surface area contributed by atoms with Gasteiger partial charge in [0.1, 0.15) is 0 Å². The van der Waals surface area contributed by atoms with Crippen LogP contribution >= 0.6 is 0 Å². The second kappa shape index (κ2) is 5.34. The summed E-state index contributed by atoms with van der Waals surface area (Å²) < 4.78 is 0.839. The second-order valence-electron chi connectivity index (χ2n) is 4.08. The Kier molecular flexibility index (Phi) is 3.61. The van der Waals surface area contributed by atoms with Crippen LogP contribution in [0.2, 0.25) is 0 Å². The highest BCUT2D eigenvalue weighted by molar-refractivity contribution is 5.98. The lowest BCUT2D eigenvalue weighted by atomic mass is 10.2. The molecule has 0 saturated carbocycles. The molecule has 1 N–H and O–H groups in total. The number of amides is 3. The first-order chi connectivity index (χ1) is 9.04. The van der Waals surface area contributed by atoms with Crippen molar-refractivity contribution in [3.8, 4) is 0 Å². The predicted molar refractivity (Wildman–Crippen MR) is 66.5 cm³/mol. The number of hydrogen-bond donors (Lipinski definition) is 1. The monoisotopic (exact) mass is 258 g/mol.